The van der Waals surface area contributed by atoms with Crippen LogP contribution in [0.1, 0.15) is 42.2 Å². The second kappa shape index (κ2) is 7.32. The van der Waals surface area contributed by atoms with E-state index in [-0.39, 0.29) is 23.6 Å². The van der Waals surface area contributed by atoms with Crippen molar-refractivity contribution >= 4 is 5.71 Å². The number of hydrogen-bond donors (Lipinski definition) is 0. The molecule has 1 aliphatic heterocycles. The van der Waals surface area contributed by atoms with Gasteiger partial charge in [0.1, 0.15) is 11.8 Å². The lowest BCUT2D eigenvalue weighted by Crippen LogP contribution is -2.27. The summed E-state index contributed by atoms with van der Waals surface area (Å²) in [5.74, 6) is -0.384. The highest BCUT2D eigenvalue weighted by atomic mass is 19.3. The van der Waals surface area contributed by atoms with Crippen LogP contribution in [-0.2, 0) is 0 Å². The van der Waals surface area contributed by atoms with Crippen molar-refractivity contribution in [1.82, 2.24) is 4.98 Å². The van der Waals surface area contributed by atoms with E-state index in [0.717, 1.165) is 0 Å². The summed E-state index contributed by atoms with van der Waals surface area (Å²) >= 11 is 0. The molecule has 0 saturated carbocycles. The van der Waals surface area contributed by atoms with Crippen LogP contribution in [0.25, 0.3) is 0 Å². The summed E-state index contributed by atoms with van der Waals surface area (Å²) in [5, 5.41) is 0. The maximum atomic E-state index is 14.4. The number of nitrogens with zero attached hydrogens (tertiary/aromatic N) is 2. The molecule has 0 N–H and O–H groups in total. The van der Waals surface area contributed by atoms with Gasteiger partial charge in [-0.15, -0.1) is 6.58 Å². The zero-order chi connectivity index (χ0) is 18.8. The number of alkyl halides is 2. The van der Waals surface area contributed by atoms with Crippen molar-refractivity contribution in [1.29, 1.82) is 0 Å². The van der Waals surface area contributed by atoms with Crippen LogP contribution >= 0.6 is 0 Å². The maximum Gasteiger partial charge on any atom is 0.280 e. The molecule has 3 rings (SSSR count). The first-order valence-corrected chi connectivity index (χ1v) is 8.31. The third kappa shape index (κ3) is 3.36. The van der Waals surface area contributed by atoms with Crippen LogP contribution in [0.5, 0.6) is 5.75 Å². The number of halogens is 3. The molecule has 0 aliphatic carbocycles. The number of benzene rings is 1. The van der Waals surface area contributed by atoms with Gasteiger partial charge in [-0.05, 0) is 37.6 Å². The van der Waals surface area contributed by atoms with Crippen molar-refractivity contribution in [3.05, 3.63) is 71.3 Å². The summed E-state index contributed by atoms with van der Waals surface area (Å²) in [6.07, 6.45) is 0.542. The Hall–Kier alpha value is -2.63. The van der Waals surface area contributed by atoms with E-state index < -0.39 is 12.2 Å². The Kier molecular flexibility index (Phi) is 5.11. The van der Waals surface area contributed by atoms with Crippen LogP contribution in [-0.4, -0.2) is 22.8 Å². The molecule has 0 radical (unpaired) electrons. The Morgan fingerprint density at radius 3 is 2.77 bits per heavy atom. The minimum Gasteiger partial charge on any atom is -0.484 e. The largest absolute Gasteiger partial charge is 0.484 e. The summed E-state index contributed by atoms with van der Waals surface area (Å²) in [6.45, 7) is 7.15. The van der Waals surface area contributed by atoms with Crippen molar-refractivity contribution in [3.8, 4) is 5.75 Å². The van der Waals surface area contributed by atoms with E-state index in [4.69, 9.17) is 9.73 Å². The zero-order valence-electron chi connectivity index (χ0n) is 14.5. The highest BCUT2D eigenvalue weighted by Gasteiger charge is 2.28. The molecule has 0 saturated heterocycles. The predicted molar refractivity (Wildman–Crippen MR) is 94.7 cm³/mol. The zero-order valence-corrected chi connectivity index (χ0v) is 14.5. The molecule has 2 aromatic rings. The third-order valence-electron chi connectivity index (χ3n) is 4.36. The Bertz CT molecular complexity index is 864. The molecule has 136 valence electrons. The van der Waals surface area contributed by atoms with E-state index in [1.54, 1.807) is 31.2 Å². The Morgan fingerprint density at radius 2 is 2.12 bits per heavy atom. The first-order valence-electron chi connectivity index (χ1n) is 8.31. The molecule has 26 heavy (non-hydrogen) atoms. The van der Waals surface area contributed by atoms with E-state index in [2.05, 4.69) is 11.6 Å². The lowest BCUT2D eigenvalue weighted by atomic mass is 10.0. The quantitative estimate of drug-likeness (QED) is 0.717. The smallest absolute Gasteiger partial charge is 0.280 e. The van der Waals surface area contributed by atoms with Gasteiger partial charge in [0, 0.05) is 23.7 Å². The fourth-order valence-corrected chi connectivity index (χ4v) is 3.00. The minimum absolute atomic E-state index is 0.109. The van der Waals surface area contributed by atoms with E-state index in [1.165, 1.54) is 12.3 Å². The Labute approximate surface area is 150 Å². The number of rotatable bonds is 4. The van der Waals surface area contributed by atoms with Crippen LogP contribution in [0.15, 0.2) is 48.1 Å². The first kappa shape index (κ1) is 18.2. The second-order valence-electron chi connectivity index (χ2n) is 6.24. The van der Waals surface area contributed by atoms with Gasteiger partial charge in [-0.1, -0.05) is 12.1 Å². The monoisotopic (exact) mass is 360 g/mol. The average Bonchev–Trinajstić information content (AvgIpc) is 2.73. The number of aryl methyl sites for hydroxylation is 1. The van der Waals surface area contributed by atoms with Crippen molar-refractivity contribution in [2.45, 2.75) is 38.8 Å². The van der Waals surface area contributed by atoms with Gasteiger partial charge in [0.25, 0.3) is 6.43 Å². The standard InChI is InChI=1S/C20H19F3N2O/c1-4-6-16-12(3)25-18(14-7-5-8-15(21)19(14)26-16)13-9-11(2)17(20(22)23)24-10-13/h4-5,7-10,12,16,20H,1,6H2,2-3H3/t12-,16-/m0/s1. The highest BCUT2D eigenvalue weighted by Crippen LogP contribution is 2.32. The van der Waals surface area contributed by atoms with Crippen LogP contribution < -0.4 is 4.74 Å². The third-order valence-corrected chi connectivity index (χ3v) is 4.36. The second-order valence-corrected chi connectivity index (χ2v) is 6.24. The van der Waals surface area contributed by atoms with Gasteiger partial charge in [0.05, 0.1) is 11.8 Å². The van der Waals surface area contributed by atoms with Crippen LogP contribution in [0.4, 0.5) is 13.2 Å². The number of aliphatic imine (C=N–C) groups is 1. The van der Waals surface area contributed by atoms with Crippen molar-refractivity contribution in [3.63, 3.8) is 0 Å². The van der Waals surface area contributed by atoms with Gasteiger partial charge in [-0.25, -0.2) is 13.2 Å². The van der Waals surface area contributed by atoms with Gasteiger partial charge >= 0.3 is 0 Å². The van der Waals surface area contributed by atoms with E-state index in [9.17, 15) is 13.2 Å². The number of hydrogen-bond acceptors (Lipinski definition) is 3. The number of para-hydroxylation sites is 1. The van der Waals surface area contributed by atoms with Gasteiger partial charge in [0.2, 0.25) is 0 Å². The molecule has 2 atom stereocenters. The SMILES string of the molecule is C=CC[C@@H]1Oc2c(F)cccc2C(c2cnc(C(F)F)c(C)c2)=N[C@H]1C. The predicted octanol–water partition coefficient (Wildman–Crippen LogP) is 5.03. The topological polar surface area (TPSA) is 34.5 Å². The fraction of sp³-hybridized carbons (Fsp3) is 0.300. The molecule has 1 aromatic heterocycles. The number of fused-ring (bicyclic) bond motifs is 1. The molecular weight excluding hydrogens is 341 g/mol. The normalized spacial score (nSPS) is 19.4. The van der Waals surface area contributed by atoms with Crippen molar-refractivity contribution < 1.29 is 17.9 Å². The molecule has 0 spiro atoms. The van der Waals surface area contributed by atoms with Gasteiger partial charge in [0.15, 0.2) is 11.6 Å². The molecule has 0 unspecified atom stereocenters. The van der Waals surface area contributed by atoms with Crippen LogP contribution in [0.2, 0.25) is 0 Å². The van der Waals surface area contributed by atoms with Crippen molar-refractivity contribution in [2.24, 2.45) is 4.99 Å². The van der Waals surface area contributed by atoms with E-state index in [0.29, 0.717) is 28.8 Å². The molecule has 2 heterocycles. The molecule has 3 nitrogen and oxygen atoms in total. The van der Waals surface area contributed by atoms with Gasteiger partial charge in [-0.3, -0.25) is 9.98 Å². The highest BCUT2D eigenvalue weighted by molar-refractivity contribution is 6.14. The Morgan fingerprint density at radius 1 is 1.35 bits per heavy atom. The van der Waals surface area contributed by atoms with Crippen LogP contribution in [0, 0.1) is 12.7 Å². The molecule has 0 bridgehead atoms. The first-order chi connectivity index (χ1) is 12.4. The molecule has 1 aliphatic rings. The summed E-state index contributed by atoms with van der Waals surface area (Å²) in [5.41, 5.74) is 1.60. The molecule has 1 aromatic carbocycles. The summed E-state index contributed by atoms with van der Waals surface area (Å²) in [7, 11) is 0. The number of aromatic nitrogens is 1. The van der Waals surface area contributed by atoms with Gasteiger partial charge < -0.3 is 4.74 Å². The molecular formula is C20H19F3N2O. The van der Waals surface area contributed by atoms with E-state index in [1.807, 2.05) is 6.92 Å². The molecule has 0 fully saturated rings. The minimum atomic E-state index is -2.65. The molecule has 0 amide bonds. The number of pyridine rings is 1. The average molecular weight is 360 g/mol. The lowest BCUT2D eigenvalue weighted by molar-refractivity contribution is 0.145. The number of ether oxygens (including phenoxy) is 1. The fourth-order valence-electron chi connectivity index (χ4n) is 3.00. The molecule has 6 heteroatoms. The van der Waals surface area contributed by atoms with Crippen LogP contribution in [0.3, 0.4) is 0 Å². The maximum absolute atomic E-state index is 14.4. The van der Waals surface area contributed by atoms with E-state index >= 15 is 0 Å². The summed E-state index contributed by atoms with van der Waals surface area (Å²) < 4.78 is 46.3. The Balaban J connectivity index is 2.16. The summed E-state index contributed by atoms with van der Waals surface area (Å²) in [6, 6.07) is 5.92. The lowest BCUT2D eigenvalue weighted by Gasteiger charge is -2.19. The summed E-state index contributed by atoms with van der Waals surface area (Å²) in [4.78, 5) is 8.57. The van der Waals surface area contributed by atoms with Gasteiger partial charge in [-0.2, -0.15) is 0 Å². The van der Waals surface area contributed by atoms with Crippen molar-refractivity contribution in [2.75, 3.05) is 0 Å².